The van der Waals surface area contributed by atoms with Crippen LogP contribution in [0.15, 0.2) is 60.7 Å². The van der Waals surface area contributed by atoms with Crippen LogP contribution in [0.4, 0.5) is 10.1 Å². The second-order valence-corrected chi connectivity index (χ2v) is 5.65. The highest BCUT2D eigenvalue weighted by Crippen LogP contribution is 2.29. The van der Waals surface area contributed by atoms with Crippen molar-refractivity contribution in [2.45, 2.75) is 6.42 Å². The molecule has 1 aromatic heterocycles. The van der Waals surface area contributed by atoms with Gasteiger partial charge in [0, 0.05) is 18.2 Å². The van der Waals surface area contributed by atoms with Crippen LogP contribution in [0.2, 0.25) is 0 Å². The van der Waals surface area contributed by atoms with Crippen molar-refractivity contribution >= 4 is 5.69 Å². The molecule has 3 rings (SSSR count). The van der Waals surface area contributed by atoms with Crippen LogP contribution in [-0.4, -0.2) is 12.0 Å². The molecule has 0 bridgehead atoms. The lowest BCUT2D eigenvalue weighted by Gasteiger charge is -2.13. The van der Waals surface area contributed by atoms with Crippen LogP contribution in [0, 0.1) is 21.1 Å². The number of hydrogen-bond acceptors (Lipinski definition) is 4. The maximum Gasteiger partial charge on any atom is 0.270 e. The van der Waals surface area contributed by atoms with Crippen LogP contribution >= 0.6 is 0 Å². The van der Waals surface area contributed by atoms with E-state index in [1.54, 1.807) is 30.3 Å². The van der Waals surface area contributed by atoms with Crippen molar-refractivity contribution in [2.24, 2.45) is 0 Å². The minimum atomic E-state index is -0.520. The standard InChI is InChI=1S/C19H15FN2O4/c1-26-18-10-9-16(11-13-5-7-15(20)8-6-13)21(23)19(18)14-3-2-4-17(12-14)22(24)25/h2-10,12H,11H2,1H3. The number of ether oxygens (including phenoxy) is 1. The smallest absolute Gasteiger partial charge is 0.270 e. The lowest BCUT2D eigenvalue weighted by atomic mass is 10.1. The van der Waals surface area contributed by atoms with Gasteiger partial charge in [-0.25, -0.2) is 4.39 Å². The molecule has 0 amide bonds. The molecule has 7 heteroatoms. The second-order valence-electron chi connectivity index (χ2n) is 5.65. The minimum Gasteiger partial charge on any atom is -0.618 e. The summed E-state index contributed by atoms with van der Waals surface area (Å²) >= 11 is 0. The zero-order chi connectivity index (χ0) is 18.7. The highest BCUT2D eigenvalue weighted by Gasteiger charge is 2.22. The van der Waals surface area contributed by atoms with E-state index in [9.17, 15) is 19.7 Å². The average Bonchev–Trinajstić information content (AvgIpc) is 2.65. The molecule has 0 aliphatic heterocycles. The fourth-order valence-electron chi connectivity index (χ4n) is 2.70. The summed E-state index contributed by atoms with van der Waals surface area (Å²) in [6, 6.07) is 14.9. The number of rotatable bonds is 5. The molecule has 0 unspecified atom stereocenters. The van der Waals surface area contributed by atoms with E-state index in [0.717, 1.165) is 5.56 Å². The van der Waals surface area contributed by atoms with Gasteiger partial charge in [-0.05, 0) is 29.8 Å². The van der Waals surface area contributed by atoms with E-state index in [4.69, 9.17) is 4.74 Å². The van der Waals surface area contributed by atoms with Gasteiger partial charge in [0.05, 0.1) is 24.0 Å². The number of methoxy groups -OCH3 is 1. The minimum absolute atomic E-state index is 0.117. The van der Waals surface area contributed by atoms with Gasteiger partial charge in [-0.15, -0.1) is 0 Å². The molecule has 26 heavy (non-hydrogen) atoms. The quantitative estimate of drug-likeness (QED) is 0.303. The van der Waals surface area contributed by atoms with Crippen molar-refractivity contribution in [2.75, 3.05) is 7.11 Å². The Hall–Kier alpha value is -3.48. The molecule has 0 radical (unpaired) electrons. The largest absolute Gasteiger partial charge is 0.618 e. The van der Waals surface area contributed by atoms with Crippen LogP contribution in [0.3, 0.4) is 0 Å². The van der Waals surface area contributed by atoms with Crippen LogP contribution in [0.5, 0.6) is 5.75 Å². The van der Waals surface area contributed by atoms with E-state index < -0.39 is 4.92 Å². The SMILES string of the molecule is COc1ccc(Cc2ccc(F)cc2)[n+]([O-])c1-c1cccc([N+](=O)[O-])c1. The Morgan fingerprint density at radius 2 is 1.85 bits per heavy atom. The summed E-state index contributed by atoms with van der Waals surface area (Å²) in [5.41, 5.74) is 1.64. The number of pyridine rings is 1. The van der Waals surface area contributed by atoms with Gasteiger partial charge in [0.25, 0.3) is 11.4 Å². The molecule has 6 nitrogen and oxygen atoms in total. The maximum absolute atomic E-state index is 13.1. The number of halogens is 1. The molecule has 0 fully saturated rings. The first kappa shape index (κ1) is 17.3. The molecule has 0 saturated heterocycles. The van der Waals surface area contributed by atoms with Crippen molar-refractivity contribution in [1.29, 1.82) is 0 Å². The average molecular weight is 354 g/mol. The Balaban J connectivity index is 2.08. The molecule has 132 valence electrons. The molecular formula is C19H15FN2O4. The zero-order valence-corrected chi connectivity index (χ0v) is 13.9. The monoisotopic (exact) mass is 354 g/mol. The van der Waals surface area contributed by atoms with Crippen LogP contribution in [0.1, 0.15) is 11.3 Å². The number of non-ortho nitro benzene ring substituents is 1. The number of nitro benzene ring substituents is 1. The summed E-state index contributed by atoms with van der Waals surface area (Å²) in [7, 11) is 1.43. The first-order chi connectivity index (χ1) is 12.5. The molecule has 0 saturated carbocycles. The van der Waals surface area contributed by atoms with Crippen LogP contribution < -0.4 is 9.47 Å². The van der Waals surface area contributed by atoms with Gasteiger partial charge >= 0.3 is 0 Å². The first-order valence-corrected chi connectivity index (χ1v) is 7.78. The number of nitro groups is 1. The van der Waals surface area contributed by atoms with Gasteiger partial charge in [0.2, 0.25) is 0 Å². The van der Waals surface area contributed by atoms with Gasteiger partial charge in [-0.2, -0.15) is 4.73 Å². The number of hydrogen-bond donors (Lipinski definition) is 0. The van der Waals surface area contributed by atoms with E-state index >= 15 is 0 Å². The van der Waals surface area contributed by atoms with E-state index in [2.05, 4.69) is 0 Å². The summed E-state index contributed by atoms with van der Waals surface area (Å²) in [6.45, 7) is 0. The van der Waals surface area contributed by atoms with E-state index in [0.29, 0.717) is 21.7 Å². The Bertz CT molecular complexity index is 958. The molecule has 0 aliphatic rings. The van der Waals surface area contributed by atoms with Gasteiger partial charge in [-0.3, -0.25) is 10.1 Å². The van der Waals surface area contributed by atoms with Gasteiger partial charge in [0.15, 0.2) is 11.4 Å². The number of nitrogens with zero attached hydrogens (tertiary/aromatic N) is 2. The fourth-order valence-corrected chi connectivity index (χ4v) is 2.70. The van der Waals surface area contributed by atoms with Crippen molar-refractivity contribution in [3.63, 3.8) is 0 Å². The first-order valence-electron chi connectivity index (χ1n) is 7.78. The summed E-state index contributed by atoms with van der Waals surface area (Å²) in [4.78, 5) is 10.5. The summed E-state index contributed by atoms with van der Waals surface area (Å²) in [5.74, 6) is -0.0425. The Morgan fingerprint density at radius 1 is 1.12 bits per heavy atom. The Kier molecular flexibility index (Phi) is 4.79. The lowest BCUT2D eigenvalue weighted by Crippen LogP contribution is -2.35. The van der Waals surface area contributed by atoms with E-state index in [1.165, 1.54) is 37.4 Å². The lowest BCUT2D eigenvalue weighted by molar-refractivity contribution is -0.602. The molecule has 0 spiro atoms. The molecule has 0 aliphatic carbocycles. The summed E-state index contributed by atoms with van der Waals surface area (Å²) in [6.07, 6.45) is 0.287. The fraction of sp³-hybridized carbons (Fsp3) is 0.105. The van der Waals surface area contributed by atoms with Gasteiger partial charge in [-0.1, -0.05) is 18.2 Å². The van der Waals surface area contributed by atoms with Gasteiger partial charge in [0.1, 0.15) is 5.82 Å². The third kappa shape index (κ3) is 3.46. The van der Waals surface area contributed by atoms with E-state index in [-0.39, 0.29) is 23.6 Å². The maximum atomic E-state index is 13.1. The molecule has 1 heterocycles. The highest BCUT2D eigenvalue weighted by molar-refractivity contribution is 5.66. The number of benzene rings is 2. The third-order valence-electron chi connectivity index (χ3n) is 3.97. The molecule has 3 aromatic rings. The Labute approximate surface area is 148 Å². The predicted molar refractivity (Wildman–Crippen MR) is 93.3 cm³/mol. The van der Waals surface area contributed by atoms with Crippen LogP contribution in [0.25, 0.3) is 11.3 Å². The molecular weight excluding hydrogens is 339 g/mol. The van der Waals surface area contributed by atoms with Crippen molar-refractivity contribution in [1.82, 2.24) is 0 Å². The van der Waals surface area contributed by atoms with Crippen molar-refractivity contribution < 1.29 is 18.8 Å². The molecule has 0 atom stereocenters. The molecule has 2 aromatic carbocycles. The van der Waals surface area contributed by atoms with E-state index in [1.807, 2.05) is 0 Å². The third-order valence-corrected chi connectivity index (χ3v) is 3.97. The van der Waals surface area contributed by atoms with Crippen LogP contribution in [-0.2, 0) is 6.42 Å². The van der Waals surface area contributed by atoms with Crippen molar-refractivity contribution in [3.8, 4) is 17.0 Å². The predicted octanol–water partition coefficient (Wildman–Crippen LogP) is 3.63. The van der Waals surface area contributed by atoms with Crippen molar-refractivity contribution in [3.05, 3.63) is 93.1 Å². The highest BCUT2D eigenvalue weighted by atomic mass is 19.1. The second kappa shape index (κ2) is 7.18. The summed E-state index contributed by atoms with van der Waals surface area (Å²) in [5, 5.41) is 23.9. The van der Waals surface area contributed by atoms with Gasteiger partial charge < -0.3 is 9.94 Å². The summed E-state index contributed by atoms with van der Waals surface area (Å²) < 4.78 is 19.0. The Morgan fingerprint density at radius 3 is 2.50 bits per heavy atom. The topological polar surface area (TPSA) is 79.3 Å². The zero-order valence-electron chi connectivity index (χ0n) is 13.9. The molecule has 0 N–H and O–H groups in total. The number of aromatic nitrogens is 1. The normalized spacial score (nSPS) is 10.5.